The highest BCUT2D eigenvalue weighted by Gasteiger charge is 2.37. The molecule has 18 heavy (non-hydrogen) atoms. The van der Waals surface area contributed by atoms with E-state index < -0.39 is 0 Å². The zero-order valence-electron chi connectivity index (χ0n) is 11.3. The summed E-state index contributed by atoms with van der Waals surface area (Å²) in [4.78, 5) is 7.18. The van der Waals surface area contributed by atoms with E-state index in [4.69, 9.17) is 0 Å². The lowest BCUT2D eigenvalue weighted by atomic mass is 10.1. The van der Waals surface area contributed by atoms with Crippen LogP contribution in [0.4, 0.5) is 0 Å². The second kappa shape index (κ2) is 5.41. The molecule has 2 atom stereocenters. The van der Waals surface area contributed by atoms with Gasteiger partial charge in [-0.3, -0.25) is 4.90 Å². The summed E-state index contributed by atoms with van der Waals surface area (Å²) in [5.41, 5.74) is 1.18. The fraction of sp³-hybridized carbons (Fsp3) is 0.786. The van der Waals surface area contributed by atoms with Gasteiger partial charge < -0.3 is 9.88 Å². The van der Waals surface area contributed by atoms with Crippen LogP contribution in [0.3, 0.4) is 0 Å². The van der Waals surface area contributed by atoms with Gasteiger partial charge >= 0.3 is 0 Å². The fourth-order valence-electron chi connectivity index (χ4n) is 3.45. The standard InChI is InChI=1S/C14H24N4/c1-2-6-15-9-12-10-18(11-16-12)14-5-8-17-7-3-4-13(14)17/h10-11,13-15H,2-9H2,1H3. The summed E-state index contributed by atoms with van der Waals surface area (Å²) in [6.07, 6.45) is 9.50. The number of aromatic nitrogens is 2. The summed E-state index contributed by atoms with van der Waals surface area (Å²) in [7, 11) is 0. The third kappa shape index (κ3) is 2.31. The van der Waals surface area contributed by atoms with E-state index in [9.17, 15) is 0 Å². The van der Waals surface area contributed by atoms with E-state index in [1.54, 1.807) is 0 Å². The highest BCUT2D eigenvalue weighted by molar-refractivity contribution is 5.02. The van der Waals surface area contributed by atoms with Crippen molar-refractivity contribution in [2.45, 2.75) is 51.2 Å². The third-order valence-electron chi connectivity index (χ3n) is 4.34. The van der Waals surface area contributed by atoms with E-state index in [2.05, 4.69) is 32.9 Å². The molecule has 0 aliphatic carbocycles. The molecular weight excluding hydrogens is 224 g/mol. The van der Waals surface area contributed by atoms with Crippen molar-refractivity contribution in [3.8, 4) is 0 Å². The Morgan fingerprint density at radius 3 is 3.17 bits per heavy atom. The number of fused-ring (bicyclic) bond motifs is 1. The van der Waals surface area contributed by atoms with Crippen LogP contribution in [-0.2, 0) is 6.54 Å². The Kier molecular flexibility index (Phi) is 3.66. The van der Waals surface area contributed by atoms with Gasteiger partial charge in [-0.05, 0) is 38.8 Å². The van der Waals surface area contributed by atoms with Gasteiger partial charge in [0.1, 0.15) is 0 Å². The Balaban J connectivity index is 1.62. The van der Waals surface area contributed by atoms with Crippen LogP contribution in [-0.4, -0.2) is 40.1 Å². The second-order valence-corrected chi connectivity index (χ2v) is 5.59. The lowest BCUT2D eigenvalue weighted by molar-refractivity contribution is 0.290. The van der Waals surface area contributed by atoms with Gasteiger partial charge in [-0.1, -0.05) is 6.92 Å². The predicted octanol–water partition coefficient (Wildman–Crippen LogP) is 1.79. The molecule has 0 bridgehead atoms. The van der Waals surface area contributed by atoms with E-state index in [1.165, 1.54) is 44.5 Å². The van der Waals surface area contributed by atoms with E-state index in [-0.39, 0.29) is 0 Å². The maximum Gasteiger partial charge on any atom is 0.0953 e. The van der Waals surface area contributed by atoms with Crippen molar-refractivity contribution >= 4 is 0 Å². The molecule has 3 rings (SSSR count). The number of rotatable bonds is 5. The highest BCUT2D eigenvalue weighted by Crippen LogP contribution is 2.35. The molecule has 2 fully saturated rings. The van der Waals surface area contributed by atoms with Gasteiger partial charge in [0.05, 0.1) is 18.1 Å². The number of hydrogen-bond donors (Lipinski definition) is 1. The van der Waals surface area contributed by atoms with Crippen molar-refractivity contribution in [1.82, 2.24) is 19.8 Å². The first-order chi connectivity index (χ1) is 8.88. The Hall–Kier alpha value is -0.870. The largest absolute Gasteiger partial charge is 0.332 e. The summed E-state index contributed by atoms with van der Waals surface area (Å²) in [5.74, 6) is 0. The summed E-state index contributed by atoms with van der Waals surface area (Å²) in [5, 5.41) is 3.42. The molecule has 0 aromatic carbocycles. The molecule has 2 aliphatic rings. The second-order valence-electron chi connectivity index (χ2n) is 5.59. The predicted molar refractivity (Wildman–Crippen MR) is 72.5 cm³/mol. The first-order valence-corrected chi connectivity index (χ1v) is 7.35. The average Bonchev–Trinajstić information content (AvgIpc) is 3.03. The van der Waals surface area contributed by atoms with Crippen molar-refractivity contribution in [3.05, 3.63) is 18.2 Å². The van der Waals surface area contributed by atoms with Crippen molar-refractivity contribution in [2.24, 2.45) is 0 Å². The Morgan fingerprint density at radius 1 is 1.33 bits per heavy atom. The minimum atomic E-state index is 0.667. The summed E-state index contributed by atoms with van der Waals surface area (Å²) in [6.45, 7) is 6.76. The molecule has 0 saturated carbocycles. The molecule has 100 valence electrons. The first kappa shape index (κ1) is 12.2. The van der Waals surface area contributed by atoms with E-state index in [1.807, 2.05) is 6.33 Å². The number of nitrogens with zero attached hydrogens (tertiary/aromatic N) is 3. The molecule has 0 radical (unpaired) electrons. The minimum absolute atomic E-state index is 0.667. The van der Waals surface area contributed by atoms with Gasteiger partial charge in [-0.2, -0.15) is 0 Å². The molecule has 2 aliphatic heterocycles. The van der Waals surface area contributed by atoms with Gasteiger partial charge in [-0.25, -0.2) is 4.98 Å². The fourth-order valence-corrected chi connectivity index (χ4v) is 3.45. The Bertz CT molecular complexity index is 387. The lowest BCUT2D eigenvalue weighted by Crippen LogP contribution is -2.27. The van der Waals surface area contributed by atoms with Crippen LogP contribution in [0.2, 0.25) is 0 Å². The first-order valence-electron chi connectivity index (χ1n) is 7.35. The molecule has 0 amide bonds. The van der Waals surface area contributed by atoms with Gasteiger partial charge in [0, 0.05) is 25.3 Å². The van der Waals surface area contributed by atoms with E-state index >= 15 is 0 Å². The Morgan fingerprint density at radius 2 is 2.28 bits per heavy atom. The molecule has 2 unspecified atom stereocenters. The van der Waals surface area contributed by atoms with Crippen molar-refractivity contribution in [2.75, 3.05) is 19.6 Å². The highest BCUT2D eigenvalue weighted by atomic mass is 15.3. The lowest BCUT2D eigenvalue weighted by Gasteiger charge is -2.21. The normalized spacial score (nSPS) is 27.8. The minimum Gasteiger partial charge on any atom is -0.332 e. The van der Waals surface area contributed by atoms with Crippen LogP contribution in [0.25, 0.3) is 0 Å². The summed E-state index contributed by atoms with van der Waals surface area (Å²) in [6, 6.07) is 1.44. The number of hydrogen-bond acceptors (Lipinski definition) is 3. The zero-order valence-corrected chi connectivity index (χ0v) is 11.3. The molecule has 0 spiro atoms. The van der Waals surface area contributed by atoms with Crippen LogP contribution in [0, 0.1) is 0 Å². The topological polar surface area (TPSA) is 33.1 Å². The van der Waals surface area contributed by atoms with Gasteiger partial charge in [-0.15, -0.1) is 0 Å². The maximum absolute atomic E-state index is 4.53. The van der Waals surface area contributed by atoms with Gasteiger partial charge in [0.25, 0.3) is 0 Å². The summed E-state index contributed by atoms with van der Waals surface area (Å²) < 4.78 is 2.36. The number of imidazole rings is 1. The van der Waals surface area contributed by atoms with Crippen molar-refractivity contribution < 1.29 is 0 Å². The zero-order chi connectivity index (χ0) is 12.4. The van der Waals surface area contributed by atoms with Crippen LogP contribution in [0.1, 0.15) is 44.3 Å². The average molecular weight is 248 g/mol. The molecule has 3 heterocycles. The monoisotopic (exact) mass is 248 g/mol. The van der Waals surface area contributed by atoms with E-state index in [0.717, 1.165) is 19.1 Å². The van der Waals surface area contributed by atoms with Crippen LogP contribution in [0.15, 0.2) is 12.5 Å². The SMILES string of the molecule is CCCNCc1cn(C2CCN3CCCC23)cn1. The maximum atomic E-state index is 4.53. The number of nitrogens with one attached hydrogen (secondary N) is 1. The van der Waals surface area contributed by atoms with E-state index in [0.29, 0.717) is 6.04 Å². The molecule has 1 aromatic heterocycles. The smallest absolute Gasteiger partial charge is 0.0953 e. The quantitative estimate of drug-likeness (QED) is 0.807. The molecule has 4 nitrogen and oxygen atoms in total. The summed E-state index contributed by atoms with van der Waals surface area (Å²) >= 11 is 0. The van der Waals surface area contributed by atoms with Crippen molar-refractivity contribution in [3.63, 3.8) is 0 Å². The van der Waals surface area contributed by atoms with Crippen LogP contribution >= 0.6 is 0 Å². The Labute approximate surface area is 109 Å². The molecule has 2 saturated heterocycles. The molecular formula is C14H24N4. The van der Waals surface area contributed by atoms with Crippen LogP contribution < -0.4 is 5.32 Å². The molecule has 1 N–H and O–H groups in total. The third-order valence-corrected chi connectivity index (χ3v) is 4.34. The van der Waals surface area contributed by atoms with Crippen molar-refractivity contribution in [1.29, 1.82) is 0 Å². The van der Waals surface area contributed by atoms with Gasteiger partial charge in [0.2, 0.25) is 0 Å². The van der Waals surface area contributed by atoms with Gasteiger partial charge in [0.15, 0.2) is 0 Å². The van der Waals surface area contributed by atoms with Crippen LogP contribution in [0.5, 0.6) is 0 Å². The molecule has 4 heteroatoms. The molecule has 1 aromatic rings.